The largest absolute Gasteiger partial charge is 0.365 e. The van der Waals surface area contributed by atoms with Crippen molar-refractivity contribution in [3.05, 3.63) is 28.2 Å². The molecule has 2 nitrogen and oxygen atoms in total. The SMILES string of the molecule is CCNC1CC2CCCC(C1)N2c1ccc(Cl)c(Cl)c1. The molecule has 3 rings (SSSR count). The van der Waals surface area contributed by atoms with Crippen molar-refractivity contribution in [2.75, 3.05) is 11.4 Å². The van der Waals surface area contributed by atoms with E-state index in [9.17, 15) is 0 Å². The van der Waals surface area contributed by atoms with Gasteiger partial charge in [-0.2, -0.15) is 0 Å². The maximum Gasteiger partial charge on any atom is 0.0612 e. The Balaban J connectivity index is 1.84. The Morgan fingerprint density at radius 1 is 1.15 bits per heavy atom. The third-order valence-electron chi connectivity index (χ3n) is 4.67. The summed E-state index contributed by atoms with van der Waals surface area (Å²) in [7, 11) is 0. The number of hydrogen-bond acceptors (Lipinski definition) is 2. The van der Waals surface area contributed by atoms with Crippen LogP contribution in [0, 0.1) is 0 Å². The van der Waals surface area contributed by atoms with Crippen molar-refractivity contribution in [2.45, 2.75) is 57.2 Å². The molecule has 2 unspecified atom stereocenters. The van der Waals surface area contributed by atoms with Crippen LogP contribution in [0.1, 0.15) is 39.0 Å². The quantitative estimate of drug-likeness (QED) is 0.884. The number of halogens is 2. The lowest BCUT2D eigenvalue weighted by Crippen LogP contribution is -2.56. The van der Waals surface area contributed by atoms with Crippen LogP contribution in [0.3, 0.4) is 0 Å². The fourth-order valence-electron chi connectivity index (χ4n) is 3.90. The third kappa shape index (κ3) is 2.79. The molecule has 4 heteroatoms. The summed E-state index contributed by atoms with van der Waals surface area (Å²) < 4.78 is 0. The van der Waals surface area contributed by atoms with Gasteiger partial charge < -0.3 is 10.2 Å². The van der Waals surface area contributed by atoms with Crippen LogP contribution in [0.5, 0.6) is 0 Å². The molecule has 0 saturated carbocycles. The number of nitrogens with zero attached hydrogens (tertiary/aromatic N) is 1. The maximum atomic E-state index is 6.20. The van der Waals surface area contributed by atoms with Crippen LogP contribution in [0.2, 0.25) is 10.0 Å². The average Bonchev–Trinajstić information content (AvgIpc) is 2.41. The van der Waals surface area contributed by atoms with Crippen LogP contribution >= 0.6 is 23.2 Å². The minimum atomic E-state index is 0.642. The van der Waals surface area contributed by atoms with E-state index in [4.69, 9.17) is 23.2 Å². The van der Waals surface area contributed by atoms with Gasteiger partial charge in [-0.15, -0.1) is 0 Å². The molecular formula is C16H22Cl2N2. The molecule has 0 amide bonds. The number of anilines is 1. The lowest BCUT2D eigenvalue weighted by Gasteiger charge is -2.50. The summed E-state index contributed by atoms with van der Waals surface area (Å²) in [6, 6.07) is 8.03. The third-order valence-corrected chi connectivity index (χ3v) is 5.41. The minimum absolute atomic E-state index is 0.642. The van der Waals surface area contributed by atoms with E-state index >= 15 is 0 Å². The van der Waals surface area contributed by atoms with Crippen molar-refractivity contribution >= 4 is 28.9 Å². The van der Waals surface area contributed by atoms with Crippen molar-refractivity contribution < 1.29 is 0 Å². The predicted octanol–water partition coefficient (Wildman–Crippen LogP) is 4.49. The molecule has 2 aliphatic rings. The highest BCUT2D eigenvalue weighted by Crippen LogP contribution is 2.39. The summed E-state index contributed by atoms with van der Waals surface area (Å²) in [5.74, 6) is 0. The van der Waals surface area contributed by atoms with Gasteiger partial charge in [0, 0.05) is 23.8 Å². The van der Waals surface area contributed by atoms with E-state index in [0.29, 0.717) is 28.2 Å². The van der Waals surface area contributed by atoms with E-state index in [1.165, 1.54) is 37.8 Å². The second-order valence-corrected chi connectivity index (χ2v) is 6.78. The predicted molar refractivity (Wildman–Crippen MR) is 87.1 cm³/mol. The van der Waals surface area contributed by atoms with Crippen LogP contribution < -0.4 is 10.2 Å². The zero-order valence-corrected chi connectivity index (χ0v) is 13.4. The van der Waals surface area contributed by atoms with Gasteiger partial charge in [-0.3, -0.25) is 0 Å². The second-order valence-electron chi connectivity index (χ2n) is 5.97. The summed E-state index contributed by atoms with van der Waals surface area (Å²) in [5.41, 5.74) is 1.24. The Morgan fingerprint density at radius 2 is 1.85 bits per heavy atom. The molecular weight excluding hydrogens is 291 g/mol. The normalized spacial score (nSPS) is 29.6. The van der Waals surface area contributed by atoms with Gasteiger partial charge in [0.1, 0.15) is 0 Å². The monoisotopic (exact) mass is 312 g/mol. The van der Waals surface area contributed by atoms with Crippen molar-refractivity contribution in [3.8, 4) is 0 Å². The zero-order chi connectivity index (χ0) is 14.1. The Bertz CT molecular complexity index is 464. The molecule has 1 aromatic carbocycles. The van der Waals surface area contributed by atoms with Crippen molar-refractivity contribution in [3.63, 3.8) is 0 Å². The van der Waals surface area contributed by atoms with Gasteiger partial charge in [0.25, 0.3) is 0 Å². The zero-order valence-electron chi connectivity index (χ0n) is 11.9. The number of hydrogen-bond donors (Lipinski definition) is 1. The molecule has 2 bridgehead atoms. The van der Waals surface area contributed by atoms with Gasteiger partial charge in [-0.1, -0.05) is 30.1 Å². The van der Waals surface area contributed by atoms with Crippen LogP contribution in [0.4, 0.5) is 5.69 Å². The first-order chi connectivity index (χ1) is 9.69. The van der Waals surface area contributed by atoms with E-state index in [0.717, 1.165) is 6.54 Å². The lowest BCUT2D eigenvalue weighted by molar-refractivity contribution is 0.247. The van der Waals surface area contributed by atoms with Gasteiger partial charge >= 0.3 is 0 Å². The fraction of sp³-hybridized carbons (Fsp3) is 0.625. The van der Waals surface area contributed by atoms with Gasteiger partial charge in [0.05, 0.1) is 10.0 Å². The molecule has 0 aliphatic carbocycles. The molecule has 2 atom stereocenters. The molecule has 2 saturated heterocycles. The first-order valence-electron chi connectivity index (χ1n) is 7.65. The number of nitrogens with one attached hydrogen (secondary N) is 1. The summed E-state index contributed by atoms with van der Waals surface area (Å²) in [4.78, 5) is 2.60. The van der Waals surface area contributed by atoms with Gasteiger partial charge in [-0.05, 0) is 56.8 Å². The molecule has 0 radical (unpaired) electrons. The minimum Gasteiger partial charge on any atom is -0.365 e. The molecule has 20 heavy (non-hydrogen) atoms. The number of benzene rings is 1. The summed E-state index contributed by atoms with van der Waals surface area (Å²) in [5, 5.41) is 4.94. The molecule has 110 valence electrons. The molecule has 2 aliphatic heterocycles. The van der Waals surface area contributed by atoms with Crippen molar-refractivity contribution in [1.82, 2.24) is 5.32 Å². The molecule has 0 spiro atoms. The van der Waals surface area contributed by atoms with E-state index in [1.807, 2.05) is 12.1 Å². The maximum absolute atomic E-state index is 6.20. The fourth-order valence-corrected chi connectivity index (χ4v) is 4.20. The molecule has 2 fully saturated rings. The second kappa shape index (κ2) is 6.13. The first-order valence-corrected chi connectivity index (χ1v) is 8.41. The molecule has 1 aromatic rings. The Morgan fingerprint density at radius 3 is 2.45 bits per heavy atom. The number of rotatable bonds is 3. The highest BCUT2D eigenvalue weighted by molar-refractivity contribution is 6.42. The smallest absolute Gasteiger partial charge is 0.0612 e. The van der Waals surface area contributed by atoms with Gasteiger partial charge in [0.15, 0.2) is 0 Å². The molecule has 2 heterocycles. The highest BCUT2D eigenvalue weighted by Gasteiger charge is 2.38. The lowest BCUT2D eigenvalue weighted by atomic mass is 9.81. The highest BCUT2D eigenvalue weighted by atomic mass is 35.5. The standard InChI is InChI=1S/C16H22Cl2N2/c1-2-19-11-8-12-4-3-5-13(9-11)20(12)14-6-7-15(17)16(18)10-14/h6-7,10-13,19H,2-5,8-9H2,1H3. The Labute approximate surface area is 131 Å². The first kappa shape index (κ1) is 14.5. The number of fused-ring (bicyclic) bond motifs is 2. The molecule has 0 aromatic heterocycles. The topological polar surface area (TPSA) is 15.3 Å². The number of piperidine rings is 2. The Hall–Kier alpha value is -0.440. The van der Waals surface area contributed by atoms with E-state index in [2.05, 4.69) is 23.2 Å². The average molecular weight is 313 g/mol. The van der Waals surface area contributed by atoms with E-state index in [1.54, 1.807) is 0 Å². The molecule has 1 N–H and O–H groups in total. The van der Waals surface area contributed by atoms with Crippen LogP contribution in [-0.2, 0) is 0 Å². The Kier molecular flexibility index (Phi) is 4.44. The summed E-state index contributed by atoms with van der Waals surface area (Å²) >= 11 is 12.2. The van der Waals surface area contributed by atoms with Gasteiger partial charge in [-0.25, -0.2) is 0 Å². The van der Waals surface area contributed by atoms with Crippen LogP contribution in [-0.4, -0.2) is 24.7 Å². The summed E-state index contributed by atoms with van der Waals surface area (Å²) in [6.07, 6.45) is 6.42. The van der Waals surface area contributed by atoms with Crippen molar-refractivity contribution in [1.29, 1.82) is 0 Å². The summed E-state index contributed by atoms with van der Waals surface area (Å²) in [6.45, 7) is 3.26. The van der Waals surface area contributed by atoms with Crippen molar-refractivity contribution in [2.24, 2.45) is 0 Å². The van der Waals surface area contributed by atoms with Gasteiger partial charge in [0.2, 0.25) is 0 Å². The van der Waals surface area contributed by atoms with Crippen LogP contribution in [0.15, 0.2) is 18.2 Å². The van der Waals surface area contributed by atoms with E-state index in [-0.39, 0.29) is 0 Å². The van der Waals surface area contributed by atoms with E-state index < -0.39 is 0 Å². The van der Waals surface area contributed by atoms with Crippen LogP contribution in [0.25, 0.3) is 0 Å².